The fourth-order valence-electron chi connectivity index (χ4n) is 3.87. The van der Waals surface area contributed by atoms with Crippen LogP contribution in [0, 0.1) is 5.41 Å². The predicted octanol–water partition coefficient (Wildman–Crippen LogP) is 2.78. The Morgan fingerprint density at radius 3 is 2.59 bits per heavy atom. The van der Waals surface area contributed by atoms with Gasteiger partial charge in [0.1, 0.15) is 0 Å². The van der Waals surface area contributed by atoms with E-state index in [2.05, 4.69) is 24.1 Å². The summed E-state index contributed by atoms with van der Waals surface area (Å²) in [4.78, 5) is 2.71. The molecule has 1 heterocycles. The van der Waals surface area contributed by atoms with E-state index in [0.717, 1.165) is 18.1 Å². The van der Waals surface area contributed by atoms with Crippen molar-refractivity contribution in [2.24, 2.45) is 5.41 Å². The van der Waals surface area contributed by atoms with Gasteiger partial charge in [-0.1, -0.05) is 20.3 Å². The molecule has 2 aliphatic carbocycles. The summed E-state index contributed by atoms with van der Waals surface area (Å²) in [7, 11) is 0. The van der Waals surface area contributed by atoms with Crippen LogP contribution in [0.5, 0.6) is 0 Å². The quantitative estimate of drug-likeness (QED) is 0.810. The standard InChI is InChI=1S/C15H28N2/c1-15(2)8-3-4-12(10-15)16-13-7-9-17(11-13)14-5-6-14/h12-14,16H,3-11H2,1-2H3. The second-order valence-corrected chi connectivity index (χ2v) is 7.34. The molecule has 0 spiro atoms. The zero-order valence-corrected chi connectivity index (χ0v) is 11.5. The topological polar surface area (TPSA) is 15.3 Å². The second-order valence-electron chi connectivity index (χ2n) is 7.34. The van der Waals surface area contributed by atoms with E-state index in [4.69, 9.17) is 0 Å². The summed E-state index contributed by atoms with van der Waals surface area (Å²) in [6, 6.07) is 2.54. The molecule has 2 heteroatoms. The third-order valence-electron chi connectivity index (χ3n) is 4.96. The number of rotatable bonds is 3. The molecule has 0 aromatic rings. The first-order chi connectivity index (χ1) is 8.12. The molecule has 2 unspecified atom stereocenters. The van der Waals surface area contributed by atoms with Crippen LogP contribution in [0.2, 0.25) is 0 Å². The van der Waals surface area contributed by atoms with Crippen molar-refractivity contribution in [3.63, 3.8) is 0 Å². The molecule has 0 aromatic heterocycles. The van der Waals surface area contributed by atoms with Crippen molar-refractivity contribution in [1.29, 1.82) is 0 Å². The summed E-state index contributed by atoms with van der Waals surface area (Å²) in [6.07, 6.45) is 9.93. The number of nitrogens with zero attached hydrogens (tertiary/aromatic N) is 1. The fourth-order valence-corrected chi connectivity index (χ4v) is 3.87. The highest BCUT2D eigenvalue weighted by atomic mass is 15.2. The average Bonchev–Trinajstić information content (AvgIpc) is 2.99. The van der Waals surface area contributed by atoms with E-state index in [0.29, 0.717) is 5.41 Å². The lowest BCUT2D eigenvalue weighted by atomic mass is 9.75. The summed E-state index contributed by atoms with van der Waals surface area (Å²) in [5, 5.41) is 3.94. The van der Waals surface area contributed by atoms with Crippen molar-refractivity contribution < 1.29 is 0 Å². The van der Waals surface area contributed by atoms with E-state index >= 15 is 0 Å². The van der Waals surface area contributed by atoms with Crippen LogP contribution in [0.1, 0.15) is 58.8 Å². The van der Waals surface area contributed by atoms with Crippen molar-refractivity contribution in [3.05, 3.63) is 0 Å². The molecule has 0 bridgehead atoms. The maximum absolute atomic E-state index is 3.94. The second kappa shape index (κ2) is 4.55. The molecular formula is C15H28N2. The van der Waals surface area contributed by atoms with Crippen molar-refractivity contribution in [3.8, 4) is 0 Å². The molecule has 0 radical (unpaired) electrons. The van der Waals surface area contributed by atoms with Gasteiger partial charge in [-0.25, -0.2) is 0 Å². The molecule has 2 nitrogen and oxygen atoms in total. The van der Waals surface area contributed by atoms with Crippen LogP contribution in [0.3, 0.4) is 0 Å². The lowest BCUT2D eigenvalue weighted by molar-refractivity contribution is 0.188. The van der Waals surface area contributed by atoms with Gasteiger partial charge < -0.3 is 5.32 Å². The van der Waals surface area contributed by atoms with Crippen LogP contribution < -0.4 is 5.32 Å². The van der Waals surface area contributed by atoms with E-state index in [1.807, 2.05) is 0 Å². The first-order valence-electron chi connectivity index (χ1n) is 7.62. The Bertz CT molecular complexity index is 270. The largest absolute Gasteiger partial charge is 0.310 e. The van der Waals surface area contributed by atoms with Crippen LogP contribution in [0.15, 0.2) is 0 Å². The maximum Gasteiger partial charge on any atom is 0.0209 e. The zero-order valence-electron chi connectivity index (χ0n) is 11.5. The zero-order chi connectivity index (χ0) is 11.9. The number of likely N-dealkylation sites (tertiary alicyclic amines) is 1. The summed E-state index contributed by atoms with van der Waals surface area (Å²) < 4.78 is 0. The van der Waals surface area contributed by atoms with Crippen molar-refractivity contribution >= 4 is 0 Å². The highest BCUT2D eigenvalue weighted by Crippen LogP contribution is 2.36. The minimum absolute atomic E-state index is 0.574. The van der Waals surface area contributed by atoms with Gasteiger partial charge in [-0.3, -0.25) is 4.90 Å². The molecule has 1 saturated heterocycles. The van der Waals surface area contributed by atoms with E-state index in [-0.39, 0.29) is 0 Å². The molecule has 0 aromatic carbocycles. The number of hydrogen-bond acceptors (Lipinski definition) is 2. The van der Waals surface area contributed by atoms with Crippen LogP contribution in [0.4, 0.5) is 0 Å². The van der Waals surface area contributed by atoms with Gasteiger partial charge in [0.05, 0.1) is 0 Å². The van der Waals surface area contributed by atoms with Crippen molar-refractivity contribution in [2.45, 2.75) is 76.9 Å². The van der Waals surface area contributed by atoms with Gasteiger partial charge >= 0.3 is 0 Å². The molecule has 1 N–H and O–H groups in total. The molecule has 3 aliphatic rings. The van der Waals surface area contributed by atoms with Crippen LogP contribution in [-0.2, 0) is 0 Å². The molecule has 2 saturated carbocycles. The van der Waals surface area contributed by atoms with Crippen molar-refractivity contribution in [1.82, 2.24) is 10.2 Å². The molecule has 3 rings (SSSR count). The Hall–Kier alpha value is -0.0800. The Morgan fingerprint density at radius 1 is 1.06 bits per heavy atom. The fraction of sp³-hybridized carbons (Fsp3) is 1.00. The molecule has 3 fully saturated rings. The molecule has 2 atom stereocenters. The molecular weight excluding hydrogens is 208 g/mol. The minimum Gasteiger partial charge on any atom is -0.310 e. The summed E-state index contributed by atoms with van der Waals surface area (Å²) in [5.74, 6) is 0. The van der Waals surface area contributed by atoms with Crippen LogP contribution in [-0.4, -0.2) is 36.1 Å². The lowest BCUT2D eigenvalue weighted by Crippen LogP contribution is -2.44. The van der Waals surface area contributed by atoms with E-state index in [1.54, 1.807) is 0 Å². The Morgan fingerprint density at radius 2 is 1.88 bits per heavy atom. The maximum atomic E-state index is 3.94. The highest BCUT2D eigenvalue weighted by molar-refractivity contribution is 4.94. The summed E-state index contributed by atoms with van der Waals surface area (Å²) >= 11 is 0. The molecule has 98 valence electrons. The van der Waals surface area contributed by atoms with Gasteiger partial charge in [0, 0.05) is 31.2 Å². The molecule has 0 amide bonds. The summed E-state index contributed by atoms with van der Waals surface area (Å²) in [6.45, 7) is 7.54. The number of nitrogens with one attached hydrogen (secondary N) is 1. The van der Waals surface area contributed by atoms with Gasteiger partial charge in [0.25, 0.3) is 0 Å². The normalized spacial score (nSPS) is 38.5. The smallest absolute Gasteiger partial charge is 0.0209 e. The lowest BCUT2D eigenvalue weighted by Gasteiger charge is -2.37. The third kappa shape index (κ3) is 3.03. The van der Waals surface area contributed by atoms with Gasteiger partial charge in [0.2, 0.25) is 0 Å². The third-order valence-corrected chi connectivity index (χ3v) is 4.96. The van der Waals surface area contributed by atoms with E-state index < -0.39 is 0 Å². The van der Waals surface area contributed by atoms with Gasteiger partial charge in [0.15, 0.2) is 0 Å². The molecule has 1 aliphatic heterocycles. The number of hydrogen-bond donors (Lipinski definition) is 1. The van der Waals surface area contributed by atoms with Crippen LogP contribution in [0.25, 0.3) is 0 Å². The Kier molecular flexibility index (Phi) is 3.20. The Labute approximate surface area is 106 Å². The van der Waals surface area contributed by atoms with E-state index in [1.165, 1.54) is 58.0 Å². The van der Waals surface area contributed by atoms with Gasteiger partial charge in [-0.15, -0.1) is 0 Å². The van der Waals surface area contributed by atoms with E-state index in [9.17, 15) is 0 Å². The van der Waals surface area contributed by atoms with Gasteiger partial charge in [-0.05, 0) is 43.9 Å². The monoisotopic (exact) mass is 236 g/mol. The van der Waals surface area contributed by atoms with Crippen molar-refractivity contribution in [2.75, 3.05) is 13.1 Å². The average molecular weight is 236 g/mol. The SMILES string of the molecule is CC1(C)CCCC(NC2CCN(C3CC3)C2)C1. The highest BCUT2D eigenvalue weighted by Gasteiger charge is 2.36. The summed E-state index contributed by atoms with van der Waals surface area (Å²) in [5.41, 5.74) is 0.574. The molecule has 17 heavy (non-hydrogen) atoms. The Balaban J connectivity index is 1.47. The first-order valence-corrected chi connectivity index (χ1v) is 7.62. The predicted molar refractivity (Wildman–Crippen MR) is 72.2 cm³/mol. The minimum atomic E-state index is 0.574. The van der Waals surface area contributed by atoms with Crippen LogP contribution >= 0.6 is 0 Å². The first kappa shape index (κ1) is 12.0. The van der Waals surface area contributed by atoms with Gasteiger partial charge in [-0.2, -0.15) is 0 Å².